The monoisotopic (exact) mass is 403 g/mol. The molecule has 0 aliphatic rings. The summed E-state index contributed by atoms with van der Waals surface area (Å²) in [6, 6.07) is 13.9. The van der Waals surface area contributed by atoms with Crippen LogP contribution in [-0.4, -0.2) is 40.3 Å². The Labute approximate surface area is 172 Å². The first-order chi connectivity index (χ1) is 14.6. The number of carbonyl (C=O) groups is 3. The summed E-state index contributed by atoms with van der Waals surface area (Å²) in [6.07, 6.45) is 3.51. The first-order valence-corrected chi connectivity index (χ1v) is 9.71. The Hall–Kier alpha value is -3.87. The highest BCUT2D eigenvalue weighted by atomic mass is 16.5. The number of hydrogen-bond acceptors (Lipinski definition) is 4. The summed E-state index contributed by atoms with van der Waals surface area (Å²) in [7, 11) is 0. The van der Waals surface area contributed by atoms with E-state index in [0.717, 1.165) is 22.0 Å². The summed E-state index contributed by atoms with van der Waals surface area (Å²) in [5.41, 5.74) is 2.80. The number of amides is 1. The molecule has 2 aromatic heterocycles. The summed E-state index contributed by atoms with van der Waals surface area (Å²) >= 11 is 0. The van der Waals surface area contributed by atoms with Crippen molar-refractivity contribution in [3.63, 3.8) is 0 Å². The Morgan fingerprint density at radius 2 is 1.57 bits per heavy atom. The van der Waals surface area contributed by atoms with Gasteiger partial charge in [0.25, 0.3) is 11.7 Å². The van der Waals surface area contributed by atoms with Crippen molar-refractivity contribution in [2.24, 2.45) is 0 Å². The third kappa shape index (κ3) is 3.69. The van der Waals surface area contributed by atoms with E-state index in [4.69, 9.17) is 4.74 Å². The number of esters is 1. The molecule has 0 aliphatic carbocycles. The number of rotatable bonds is 7. The van der Waals surface area contributed by atoms with E-state index in [-0.39, 0.29) is 18.6 Å². The van der Waals surface area contributed by atoms with Crippen molar-refractivity contribution in [1.82, 2.24) is 15.3 Å². The quantitative estimate of drug-likeness (QED) is 0.251. The van der Waals surface area contributed by atoms with Gasteiger partial charge in [-0.2, -0.15) is 0 Å². The van der Waals surface area contributed by atoms with Gasteiger partial charge in [-0.25, -0.2) is 4.79 Å². The van der Waals surface area contributed by atoms with E-state index in [2.05, 4.69) is 15.3 Å². The van der Waals surface area contributed by atoms with Crippen LogP contribution in [0.1, 0.15) is 22.8 Å². The van der Waals surface area contributed by atoms with E-state index in [1.807, 2.05) is 36.4 Å². The first-order valence-electron chi connectivity index (χ1n) is 9.71. The van der Waals surface area contributed by atoms with Gasteiger partial charge in [-0.3, -0.25) is 9.59 Å². The Balaban J connectivity index is 1.57. The third-order valence-corrected chi connectivity index (χ3v) is 5.02. The molecule has 0 radical (unpaired) electrons. The highest BCUT2D eigenvalue weighted by molar-refractivity contribution is 6.45. The Morgan fingerprint density at radius 1 is 0.933 bits per heavy atom. The molecule has 1 atom stereocenters. The van der Waals surface area contributed by atoms with Crippen molar-refractivity contribution < 1.29 is 19.1 Å². The fourth-order valence-corrected chi connectivity index (χ4v) is 3.56. The molecule has 1 amide bonds. The van der Waals surface area contributed by atoms with E-state index in [0.29, 0.717) is 5.39 Å². The predicted octanol–water partition coefficient (Wildman–Crippen LogP) is 3.12. The lowest BCUT2D eigenvalue weighted by atomic mass is 10.0. The van der Waals surface area contributed by atoms with Gasteiger partial charge in [-0.1, -0.05) is 36.4 Å². The minimum absolute atomic E-state index is 0.176. The Bertz CT molecular complexity index is 1240. The molecule has 7 heteroatoms. The van der Waals surface area contributed by atoms with Gasteiger partial charge in [0.2, 0.25) is 0 Å². The van der Waals surface area contributed by atoms with E-state index >= 15 is 0 Å². The lowest BCUT2D eigenvalue weighted by Crippen LogP contribution is -2.46. The molecule has 0 bridgehead atoms. The number of H-pyrrole nitrogens is 2. The van der Waals surface area contributed by atoms with E-state index in [1.165, 1.54) is 6.20 Å². The third-order valence-electron chi connectivity index (χ3n) is 5.02. The predicted molar refractivity (Wildman–Crippen MR) is 113 cm³/mol. The molecule has 0 spiro atoms. The second kappa shape index (κ2) is 8.24. The molecule has 2 heterocycles. The molecule has 4 rings (SSSR count). The van der Waals surface area contributed by atoms with Gasteiger partial charge in [0.05, 0.1) is 12.2 Å². The smallest absolute Gasteiger partial charge is 0.328 e. The molecule has 2 aromatic carbocycles. The summed E-state index contributed by atoms with van der Waals surface area (Å²) in [5, 5.41) is 4.17. The molecule has 4 aromatic rings. The second-order valence-electron chi connectivity index (χ2n) is 6.92. The molecular formula is C23H21N3O4. The van der Waals surface area contributed by atoms with Crippen molar-refractivity contribution in [2.45, 2.75) is 19.4 Å². The number of ketones is 1. The maximum Gasteiger partial charge on any atom is 0.328 e. The number of nitrogens with one attached hydrogen (secondary N) is 3. The SMILES string of the molecule is CCOC(=O)C(Cc1c[nH]c2ccccc12)NC(=O)C(=O)c1c[nH]c2ccccc12. The van der Waals surface area contributed by atoms with Gasteiger partial charge >= 0.3 is 5.97 Å². The molecule has 3 N–H and O–H groups in total. The van der Waals surface area contributed by atoms with Crippen LogP contribution in [0.15, 0.2) is 60.9 Å². The highest BCUT2D eigenvalue weighted by Crippen LogP contribution is 2.20. The molecular weight excluding hydrogens is 382 g/mol. The molecule has 0 aliphatic heterocycles. The largest absolute Gasteiger partial charge is 0.464 e. The first kappa shape index (κ1) is 19.4. The topological polar surface area (TPSA) is 104 Å². The molecule has 0 saturated heterocycles. The van der Waals surface area contributed by atoms with Crippen molar-refractivity contribution in [3.8, 4) is 0 Å². The average Bonchev–Trinajstić information content (AvgIpc) is 3.37. The van der Waals surface area contributed by atoms with Crippen LogP contribution in [0.25, 0.3) is 21.8 Å². The maximum atomic E-state index is 12.8. The van der Waals surface area contributed by atoms with Gasteiger partial charge in [0.15, 0.2) is 0 Å². The highest BCUT2D eigenvalue weighted by Gasteiger charge is 2.28. The van der Waals surface area contributed by atoms with E-state index in [1.54, 1.807) is 25.3 Å². The normalized spacial score (nSPS) is 12.0. The van der Waals surface area contributed by atoms with Gasteiger partial charge in [0, 0.05) is 40.6 Å². The summed E-state index contributed by atoms with van der Waals surface area (Å²) in [5.74, 6) is -2.14. The molecule has 7 nitrogen and oxygen atoms in total. The Kier molecular flexibility index (Phi) is 5.34. The number of hydrogen-bond donors (Lipinski definition) is 3. The minimum Gasteiger partial charge on any atom is -0.464 e. The van der Waals surface area contributed by atoms with Crippen molar-refractivity contribution in [1.29, 1.82) is 0 Å². The number of benzene rings is 2. The molecule has 30 heavy (non-hydrogen) atoms. The van der Waals surface area contributed by atoms with Gasteiger partial charge in [-0.05, 0) is 24.6 Å². The standard InChI is InChI=1S/C23H21N3O4/c1-2-30-23(29)20(11-14-12-24-18-9-5-3-7-15(14)18)26-22(28)21(27)17-13-25-19-10-6-4-8-16(17)19/h3-10,12-13,20,24-25H,2,11H2,1H3,(H,26,28). The van der Waals surface area contributed by atoms with Gasteiger partial charge < -0.3 is 20.0 Å². The zero-order valence-corrected chi connectivity index (χ0v) is 16.4. The summed E-state index contributed by atoms with van der Waals surface area (Å²) in [6.45, 7) is 1.87. The van der Waals surface area contributed by atoms with Crippen molar-refractivity contribution in [2.75, 3.05) is 6.61 Å². The fourth-order valence-electron chi connectivity index (χ4n) is 3.56. The van der Waals surface area contributed by atoms with Crippen LogP contribution in [0, 0.1) is 0 Å². The van der Waals surface area contributed by atoms with Crippen LogP contribution < -0.4 is 5.32 Å². The number of Topliss-reactive ketones (excluding diaryl/α,β-unsaturated/α-hetero) is 1. The number of aromatic nitrogens is 2. The fraction of sp³-hybridized carbons (Fsp3) is 0.174. The van der Waals surface area contributed by atoms with Crippen LogP contribution in [0.2, 0.25) is 0 Å². The van der Waals surface area contributed by atoms with E-state index in [9.17, 15) is 14.4 Å². The molecule has 152 valence electrons. The van der Waals surface area contributed by atoms with Crippen molar-refractivity contribution in [3.05, 3.63) is 72.1 Å². The van der Waals surface area contributed by atoms with Crippen LogP contribution in [0.3, 0.4) is 0 Å². The number of carbonyl (C=O) groups excluding carboxylic acids is 3. The van der Waals surface area contributed by atoms with E-state index < -0.39 is 23.7 Å². The zero-order chi connectivity index (χ0) is 21.1. The minimum atomic E-state index is -0.981. The molecule has 1 unspecified atom stereocenters. The number of para-hydroxylation sites is 2. The average molecular weight is 403 g/mol. The summed E-state index contributed by atoms with van der Waals surface area (Å²) < 4.78 is 5.13. The lowest BCUT2D eigenvalue weighted by Gasteiger charge is -2.16. The second-order valence-corrected chi connectivity index (χ2v) is 6.92. The maximum absolute atomic E-state index is 12.8. The van der Waals surface area contributed by atoms with Gasteiger partial charge in [-0.15, -0.1) is 0 Å². The van der Waals surface area contributed by atoms with Crippen LogP contribution >= 0.6 is 0 Å². The lowest BCUT2D eigenvalue weighted by molar-refractivity contribution is -0.146. The summed E-state index contributed by atoms with van der Waals surface area (Å²) in [4.78, 5) is 44.1. The Morgan fingerprint density at radius 3 is 2.30 bits per heavy atom. The van der Waals surface area contributed by atoms with Crippen molar-refractivity contribution >= 4 is 39.5 Å². The number of fused-ring (bicyclic) bond motifs is 2. The number of ether oxygens (including phenoxy) is 1. The zero-order valence-electron chi connectivity index (χ0n) is 16.4. The van der Waals surface area contributed by atoms with Gasteiger partial charge in [0.1, 0.15) is 6.04 Å². The molecule has 0 fully saturated rings. The van der Waals surface area contributed by atoms with Crippen LogP contribution in [0.5, 0.6) is 0 Å². The van der Waals surface area contributed by atoms with Crippen LogP contribution in [0.4, 0.5) is 0 Å². The number of aromatic amines is 2. The van der Waals surface area contributed by atoms with Crippen LogP contribution in [-0.2, 0) is 20.7 Å². The molecule has 0 saturated carbocycles.